The lowest BCUT2D eigenvalue weighted by Crippen LogP contribution is -2.47. The Morgan fingerprint density at radius 3 is 2.76 bits per heavy atom. The van der Waals surface area contributed by atoms with Crippen LogP contribution in [0, 0.1) is 0 Å². The molecular weight excluding hydrogens is 216 g/mol. The first-order valence-electron chi connectivity index (χ1n) is 5.96. The van der Waals surface area contributed by atoms with Gasteiger partial charge in [0.05, 0.1) is 6.61 Å². The summed E-state index contributed by atoms with van der Waals surface area (Å²) in [7, 11) is 0. The van der Waals surface area contributed by atoms with Crippen LogP contribution in [0.2, 0.25) is 0 Å². The summed E-state index contributed by atoms with van der Waals surface area (Å²) in [6, 6.07) is 9.28. The summed E-state index contributed by atoms with van der Waals surface area (Å²) in [6.45, 7) is 2.63. The first-order chi connectivity index (χ1) is 8.24. The van der Waals surface area contributed by atoms with Gasteiger partial charge in [0.15, 0.2) is 0 Å². The second-order valence-electron chi connectivity index (χ2n) is 4.37. The highest BCUT2D eigenvalue weighted by molar-refractivity contribution is 5.98. The van der Waals surface area contributed by atoms with E-state index in [-0.39, 0.29) is 18.6 Å². The molecule has 0 spiro atoms. The third-order valence-corrected chi connectivity index (χ3v) is 3.15. The molecule has 1 heterocycles. The van der Waals surface area contributed by atoms with Gasteiger partial charge in [0, 0.05) is 11.7 Å². The highest BCUT2D eigenvalue weighted by Crippen LogP contribution is 2.20. The van der Waals surface area contributed by atoms with Gasteiger partial charge in [-0.15, -0.1) is 0 Å². The van der Waals surface area contributed by atoms with Crippen molar-refractivity contribution in [1.29, 1.82) is 0 Å². The molecule has 1 saturated heterocycles. The number of rotatable bonds is 2. The summed E-state index contributed by atoms with van der Waals surface area (Å²) >= 11 is 0. The first kappa shape index (κ1) is 12.1. The Labute approximate surface area is 101 Å². The van der Waals surface area contributed by atoms with Crippen molar-refractivity contribution in [2.75, 3.05) is 18.1 Å². The summed E-state index contributed by atoms with van der Waals surface area (Å²) in [5.74, 6) is -0.0521. The van der Waals surface area contributed by atoms with Gasteiger partial charge in [-0.2, -0.15) is 0 Å². The largest absolute Gasteiger partial charge is 0.394 e. The van der Waals surface area contributed by atoms with Crippen LogP contribution in [0.5, 0.6) is 0 Å². The quantitative estimate of drug-likeness (QED) is 0.794. The van der Waals surface area contributed by atoms with Crippen molar-refractivity contribution in [2.45, 2.75) is 25.4 Å². The fraction of sp³-hybridized carbons (Fsp3) is 0.462. The monoisotopic (exact) mass is 234 g/mol. The minimum atomic E-state index is -0.486. The van der Waals surface area contributed by atoms with E-state index >= 15 is 0 Å². The van der Waals surface area contributed by atoms with Gasteiger partial charge in [0.2, 0.25) is 5.91 Å². The van der Waals surface area contributed by atoms with Gasteiger partial charge in [0.25, 0.3) is 0 Å². The second-order valence-corrected chi connectivity index (χ2v) is 4.37. The molecule has 2 unspecified atom stereocenters. The fourth-order valence-corrected chi connectivity index (χ4v) is 2.18. The lowest BCUT2D eigenvalue weighted by Gasteiger charge is -2.28. The van der Waals surface area contributed by atoms with Crippen LogP contribution < -0.4 is 10.2 Å². The molecule has 1 aliphatic heterocycles. The Morgan fingerprint density at radius 2 is 2.12 bits per heavy atom. The number of aliphatic hydroxyl groups excluding tert-OH is 1. The molecule has 0 radical (unpaired) electrons. The number of nitrogens with one attached hydrogen (secondary N) is 1. The van der Waals surface area contributed by atoms with Crippen LogP contribution in [0.25, 0.3) is 0 Å². The van der Waals surface area contributed by atoms with E-state index in [0.717, 1.165) is 18.7 Å². The van der Waals surface area contributed by atoms with Gasteiger partial charge in [0.1, 0.15) is 6.04 Å². The number of carbonyl (C=O) groups excluding carboxylic acids is 1. The molecule has 4 nitrogen and oxygen atoms in total. The molecule has 1 aromatic rings. The van der Waals surface area contributed by atoms with E-state index in [9.17, 15) is 9.90 Å². The Bertz CT molecular complexity index is 380. The summed E-state index contributed by atoms with van der Waals surface area (Å²) in [5, 5.41) is 12.3. The zero-order valence-corrected chi connectivity index (χ0v) is 9.97. The summed E-state index contributed by atoms with van der Waals surface area (Å²) in [4.78, 5) is 14.1. The third-order valence-electron chi connectivity index (χ3n) is 3.15. The van der Waals surface area contributed by atoms with Crippen molar-refractivity contribution in [1.82, 2.24) is 5.32 Å². The van der Waals surface area contributed by atoms with E-state index in [1.165, 1.54) is 0 Å². The molecule has 2 rings (SSSR count). The van der Waals surface area contributed by atoms with E-state index in [4.69, 9.17) is 0 Å². The van der Waals surface area contributed by atoms with Crippen molar-refractivity contribution in [3.63, 3.8) is 0 Å². The standard InChI is InChI=1S/C13H18N2O2/c1-10-7-8-14-12(9-16)13(17)15(10)11-5-3-2-4-6-11/h2-6,10,12,14,16H,7-9H2,1H3. The molecule has 0 aromatic heterocycles. The lowest BCUT2D eigenvalue weighted by atomic mass is 10.1. The molecule has 1 aliphatic rings. The van der Waals surface area contributed by atoms with Gasteiger partial charge in [-0.1, -0.05) is 18.2 Å². The molecule has 17 heavy (non-hydrogen) atoms. The topological polar surface area (TPSA) is 52.6 Å². The summed E-state index contributed by atoms with van der Waals surface area (Å²) in [6.07, 6.45) is 0.886. The van der Waals surface area contributed by atoms with Crippen molar-refractivity contribution in [3.05, 3.63) is 30.3 Å². The molecule has 1 fully saturated rings. The average Bonchev–Trinajstić information content (AvgIpc) is 2.49. The molecule has 1 aromatic carbocycles. The highest BCUT2D eigenvalue weighted by Gasteiger charge is 2.30. The number of anilines is 1. The van der Waals surface area contributed by atoms with E-state index < -0.39 is 6.04 Å². The van der Waals surface area contributed by atoms with Gasteiger partial charge in [-0.3, -0.25) is 4.79 Å². The zero-order chi connectivity index (χ0) is 12.3. The minimum absolute atomic E-state index is 0.0521. The van der Waals surface area contributed by atoms with Gasteiger partial charge < -0.3 is 15.3 Å². The molecule has 1 amide bonds. The first-order valence-corrected chi connectivity index (χ1v) is 5.96. The molecule has 0 aliphatic carbocycles. The van der Waals surface area contributed by atoms with Gasteiger partial charge in [-0.25, -0.2) is 0 Å². The Hall–Kier alpha value is -1.39. The summed E-state index contributed by atoms with van der Waals surface area (Å²) in [5.41, 5.74) is 0.896. The van der Waals surface area contributed by atoms with E-state index in [2.05, 4.69) is 5.32 Å². The zero-order valence-electron chi connectivity index (χ0n) is 9.97. The molecule has 2 atom stereocenters. The second kappa shape index (κ2) is 5.29. The van der Waals surface area contributed by atoms with Gasteiger partial charge in [-0.05, 0) is 32.0 Å². The van der Waals surface area contributed by atoms with Crippen molar-refractivity contribution in [2.24, 2.45) is 0 Å². The molecule has 92 valence electrons. The fourth-order valence-electron chi connectivity index (χ4n) is 2.18. The highest BCUT2D eigenvalue weighted by atomic mass is 16.3. The van der Waals surface area contributed by atoms with Crippen LogP contribution in [0.1, 0.15) is 13.3 Å². The lowest BCUT2D eigenvalue weighted by molar-refractivity contribution is -0.121. The van der Waals surface area contributed by atoms with E-state index in [0.29, 0.717) is 0 Å². The van der Waals surface area contributed by atoms with Crippen LogP contribution in [0.3, 0.4) is 0 Å². The number of benzene rings is 1. The maximum absolute atomic E-state index is 12.3. The maximum atomic E-state index is 12.3. The predicted molar refractivity (Wildman–Crippen MR) is 66.9 cm³/mol. The van der Waals surface area contributed by atoms with Crippen molar-refractivity contribution >= 4 is 11.6 Å². The number of aliphatic hydroxyl groups is 1. The van der Waals surface area contributed by atoms with E-state index in [1.807, 2.05) is 37.3 Å². The van der Waals surface area contributed by atoms with E-state index in [1.54, 1.807) is 4.90 Å². The smallest absolute Gasteiger partial charge is 0.246 e. The third kappa shape index (κ3) is 2.48. The van der Waals surface area contributed by atoms with Crippen molar-refractivity contribution in [3.8, 4) is 0 Å². The summed E-state index contributed by atoms with van der Waals surface area (Å²) < 4.78 is 0. The van der Waals surface area contributed by atoms with Crippen LogP contribution in [-0.2, 0) is 4.79 Å². The van der Waals surface area contributed by atoms with Crippen LogP contribution in [0.15, 0.2) is 30.3 Å². The number of amides is 1. The Balaban J connectivity index is 2.31. The normalized spacial score (nSPS) is 25.8. The molecular formula is C13H18N2O2. The number of carbonyl (C=O) groups is 1. The molecule has 0 saturated carbocycles. The van der Waals surface area contributed by atoms with Gasteiger partial charge >= 0.3 is 0 Å². The number of hydrogen-bond acceptors (Lipinski definition) is 3. The van der Waals surface area contributed by atoms with Crippen LogP contribution >= 0.6 is 0 Å². The maximum Gasteiger partial charge on any atom is 0.246 e. The number of para-hydroxylation sites is 1. The Kier molecular flexibility index (Phi) is 3.76. The molecule has 4 heteroatoms. The van der Waals surface area contributed by atoms with Crippen LogP contribution in [0.4, 0.5) is 5.69 Å². The van der Waals surface area contributed by atoms with Crippen molar-refractivity contribution < 1.29 is 9.90 Å². The van der Waals surface area contributed by atoms with Crippen LogP contribution in [-0.4, -0.2) is 36.2 Å². The average molecular weight is 234 g/mol. The number of nitrogens with zero attached hydrogens (tertiary/aromatic N) is 1. The Morgan fingerprint density at radius 1 is 1.41 bits per heavy atom. The molecule has 0 bridgehead atoms. The number of hydrogen-bond donors (Lipinski definition) is 2. The minimum Gasteiger partial charge on any atom is -0.394 e. The SMILES string of the molecule is CC1CCNC(CO)C(=O)N1c1ccccc1. The molecule has 2 N–H and O–H groups in total. The predicted octanol–water partition coefficient (Wildman–Crippen LogP) is 0.762.